The zero-order chi connectivity index (χ0) is 12.3. The molecule has 0 saturated carbocycles. The number of nitrogens with zero attached hydrogens (tertiary/aromatic N) is 1. The van der Waals surface area contributed by atoms with Crippen molar-refractivity contribution in [3.05, 3.63) is 42.1 Å². The highest BCUT2D eigenvalue weighted by atomic mass is 15.3. The number of anilines is 1. The summed E-state index contributed by atoms with van der Waals surface area (Å²) >= 11 is 0. The van der Waals surface area contributed by atoms with Gasteiger partial charge in [-0.3, -0.25) is 5.43 Å². The van der Waals surface area contributed by atoms with Crippen LogP contribution in [0.25, 0.3) is 0 Å². The van der Waals surface area contributed by atoms with E-state index in [2.05, 4.69) is 60.5 Å². The van der Waals surface area contributed by atoms with Gasteiger partial charge in [0.2, 0.25) is 0 Å². The van der Waals surface area contributed by atoms with Gasteiger partial charge >= 0.3 is 0 Å². The first-order valence-electron chi connectivity index (χ1n) is 6.06. The van der Waals surface area contributed by atoms with E-state index in [-0.39, 0.29) is 0 Å². The van der Waals surface area contributed by atoms with Crippen molar-refractivity contribution in [2.24, 2.45) is 11.0 Å². The van der Waals surface area contributed by atoms with Gasteiger partial charge in [-0.05, 0) is 31.0 Å². The topological polar surface area (TPSA) is 36.4 Å². The van der Waals surface area contributed by atoms with Crippen molar-refractivity contribution in [3.63, 3.8) is 0 Å². The molecule has 0 bridgehead atoms. The average Bonchev–Trinajstić information content (AvgIpc) is 2.31. The number of hydrogen-bond acceptors (Lipinski definition) is 3. The van der Waals surface area contributed by atoms with Crippen LogP contribution in [0.5, 0.6) is 0 Å². The molecule has 0 fully saturated rings. The van der Waals surface area contributed by atoms with Crippen LogP contribution in [0, 0.1) is 5.92 Å². The zero-order valence-corrected chi connectivity index (χ0v) is 10.5. The first-order chi connectivity index (χ1) is 8.20. The van der Waals surface area contributed by atoms with Crippen molar-refractivity contribution in [2.45, 2.75) is 20.3 Å². The van der Waals surface area contributed by atoms with Crippen molar-refractivity contribution in [2.75, 3.05) is 11.9 Å². The van der Waals surface area contributed by atoms with Gasteiger partial charge in [-0.2, -0.15) is 5.10 Å². The average molecular weight is 229 g/mol. The van der Waals surface area contributed by atoms with E-state index in [4.69, 9.17) is 0 Å². The second kappa shape index (κ2) is 5.04. The summed E-state index contributed by atoms with van der Waals surface area (Å²) < 4.78 is 0. The Balaban J connectivity index is 2.19. The Morgan fingerprint density at radius 1 is 1.41 bits per heavy atom. The summed E-state index contributed by atoms with van der Waals surface area (Å²) in [6.07, 6.45) is 0.952. The summed E-state index contributed by atoms with van der Waals surface area (Å²) in [5.74, 6) is 0.425. The Morgan fingerprint density at radius 2 is 2.12 bits per heavy atom. The predicted molar refractivity (Wildman–Crippen MR) is 73.2 cm³/mol. The molecule has 0 radical (unpaired) electrons. The molecule has 1 aromatic rings. The van der Waals surface area contributed by atoms with Gasteiger partial charge in [-0.15, -0.1) is 0 Å². The molecule has 0 aromatic heterocycles. The minimum Gasteiger partial charge on any atom is -0.385 e. The molecule has 90 valence electrons. The van der Waals surface area contributed by atoms with Gasteiger partial charge in [0, 0.05) is 23.8 Å². The zero-order valence-electron chi connectivity index (χ0n) is 10.5. The third-order valence-electron chi connectivity index (χ3n) is 2.92. The number of nitrogens with one attached hydrogen (secondary N) is 2. The fourth-order valence-corrected chi connectivity index (χ4v) is 2.07. The third-order valence-corrected chi connectivity index (χ3v) is 2.92. The van der Waals surface area contributed by atoms with E-state index >= 15 is 0 Å². The summed E-state index contributed by atoms with van der Waals surface area (Å²) in [5.41, 5.74) is 7.41. The number of rotatable bonds is 3. The maximum absolute atomic E-state index is 4.38. The third kappa shape index (κ3) is 2.67. The van der Waals surface area contributed by atoms with Gasteiger partial charge in [0.1, 0.15) is 0 Å². The van der Waals surface area contributed by atoms with Crippen LogP contribution in [-0.2, 0) is 0 Å². The van der Waals surface area contributed by atoms with Gasteiger partial charge in [0.05, 0.1) is 5.71 Å². The molecular weight excluding hydrogens is 210 g/mol. The van der Waals surface area contributed by atoms with Gasteiger partial charge in [0.15, 0.2) is 0 Å². The van der Waals surface area contributed by atoms with E-state index in [1.165, 1.54) is 5.56 Å². The van der Waals surface area contributed by atoms with Gasteiger partial charge in [0.25, 0.3) is 0 Å². The highest BCUT2D eigenvalue weighted by Crippen LogP contribution is 2.20. The van der Waals surface area contributed by atoms with Gasteiger partial charge < -0.3 is 5.32 Å². The molecule has 0 amide bonds. The Labute approximate surface area is 103 Å². The molecule has 1 aliphatic rings. The van der Waals surface area contributed by atoms with Crippen LogP contribution >= 0.6 is 0 Å². The van der Waals surface area contributed by atoms with E-state index in [0.717, 1.165) is 30.1 Å². The van der Waals surface area contributed by atoms with E-state index in [0.29, 0.717) is 5.92 Å². The first-order valence-corrected chi connectivity index (χ1v) is 6.06. The monoisotopic (exact) mass is 229 g/mol. The second-order valence-corrected chi connectivity index (χ2v) is 4.43. The molecule has 2 rings (SSSR count). The lowest BCUT2D eigenvalue weighted by atomic mass is 9.93. The number of allylic oxidation sites excluding steroid dienone is 1. The van der Waals surface area contributed by atoms with E-state index in [9.17, 15) is 0 Å². The maximum Gasteiger partial charge on any atom is 0.0711 e. The first kappa shape index (κ1) is 11.7. The molecule has 2 N–H and O–H groups in total. The summed E-state index contributed by atoms with van der Waals surface area (Å²) in [4.78, 5) is 0. The quantitative estimate of drug-likeness (QED) is 0.836. The van der Waals surface area contributed by atoms with Crippen molar-refractivity contribution in [1.29, 1.82) is 0 Å². The fraction of sp³-hybridized carbons (Fsp3) is 0.357. The Kier molecular flexibility index (Phi) is 3.47. The molecule has 1 atom stereocenters. The smallest absolute Gasteiger partial charge is 0.0711 e. The highest BCUT2D eigenvalue weighted by molar-refractivity contribution is 6.02. The minimum absolute atomic E-state index is 0.425. The number of hydrazone groups is 1. The Morgan fingerprint density at radius 3 is 2.71 bits per heavy atom. The number of hydrogen-bond donors (Lipinski definition) is 2. The van der Waals surface area contributed by atoms with Crippen LogP contribution < -0.4 is 10.7 Å². The van der Waals surface area contributed by atoms with Crippen molar-refractivity contribution in [1.82, 2.24) is 5.43 Å². The normalized spacial score (nSPS) is 19.5. The van der Waals surface area contributed by atoms with Crippen LogP contribution in [0.4, 0.5) is 5.69 Å². The summed E-state index contributed by atoms with van der Waals surface area (Å²) in [6, 6.07) is 8.42. The van der Waals surface area contributed by atoms with Gasteiger partial charge in [-0.1, -0.05) is 25.6 Å². The lowest BCUT2D eigenvalue weighted by Gasteiger charge is -2.22. The molecule has 1 aliphatic heterocycles. The Hall–Kier alpha value is -1.77. The summed E-state index contributed by atoms with van der Waals surface area (Å²) in [7, 11) is 0. The van der Waals surface area contributed by atoms with Gasteiger partial charge in [-0.25, -0.2) is 0 Å². The molecule has 17 heavy (non-hydrogen) atoms. The molecule has 0 saturated heterocycles. The van der Waals surface area contributed by atoms with Crippen molar-refractivity contribution < 1.29 is 0 Å². The van der Waals surface area contributed by atoms with E-state index in [1.54, 1.807) is 0 Å². The summed E-state index contributed by atoms with van der Waals surface area (Å²) in [6.45, 7) is 9.12. The van der Waals surface area contributed by atoms with E-state index in [1.807, 2.05) is 0 Å². The largest absolute Gasteiger partial charge is 0.385 e. The molecule has 3 heteroatoms. The molecule has 0 spiro atoms. The molecule has 1 aromatic carbocycles. The van der Waals surface area contributed by atoms with Crippen LogP contribution in [0.1, 0.15) is 25.8 Å². The van der Waals surface area contributed by atoms with Crippen molar-refractivity contribution in [3.8, 4) is 0 Å². The molecule has 1 heterocycles. The van der Waals surface area contributed by atoms with Crippen LogP contribution in [-0.4, -0.2) is 12.3 Å². The number of benzene rings is 1. The molecule has 3 nitrogen and oxygen atoms in total. The second-order valence-electron chi connectivity index (χ2n) is 4.43. The SMILES string of the molecule is C=C1C[C@@H](C)C(c2ccc(NCC)cc2)=NN1. The highest BCUT2D eigenvalue weighted by Gasteiger charge is 2.18. The van der Waals surface area contributed by atoms with Crippen molar-refractivity contribution >= 4 is 11.4 Å². The minimum atomic E-state index is 0.425. The van der Waals surface area contributed by atoms with Crippen LogP contribution in [0.15, 0.2) is 41.6 Å². The maximum atomic E-state index is 4.38. The summed E-state index contributed by atoms with van der Waals surface area (Å²) in [5, 5.41) is 7.67. The predicted octanol–water partition coefficient (Wildman–Crippen LogP) is 2.97. The standard InChI is InChI=1S/C14H19N3/c1-4-15-13-7-5-12(6-8-13)14-10(2)9-11(3)16-17-14/h5-8,10,15-16H,3-4,9H2,1-2H3/t10-/m1/s1. The molecular formula is C14H19N3. The lowest BCUT2D eigenvalue weighted by molar-refractivity contribution is 0.653. The van der Waals surface area contributed by atoms with Crippen LogP contribution in [0.2, 0.25) is 0 Å². The van der Waals surface area contributed by atoms with Crippen LogP contribution in [0.3, 0.4) is 0 Å². The molecule has 0 unspecified atom stereocenters. The fourth-order valence-electron chi connectivity index (χ4n) is 2.07. The molecule has 0 aliphatic carbocycles. The lowest BCUT2D eigenvalue weighted by Crippen LogP contribution is -2.25. The Bertz CT molecular complexity index is 431. The van der Waals surface area contributed by atoms with E-state index < -0.39 is 0 Å².